The predicted octanol–water partition coefficient (Wildman–Crippen LogP) is 3.53. The van der Waals surface area contributed by atoms with Crippen LogP contribution >= 0.6 is 11.6 Å². The number of hydrogen-bond acceptors (Lipinski definition) is 2. The van der Waals surface area contributed by atoms with Crippen molar-refractivity contribution in [3.8, 4) is 0 Å². The third kappa shape index (κ3) is 4.20. The largest absolute Gasteiger partial charge is 0.481 e. The van der Waals surface area contributed by atoms with E-state index in [2.05, 4.69) is 10.6 Å². The van der Waals surface area contributed by atoms with E-state index in [0.717, 1.165) is 30.7 Å². The van der Waals surface area contributed by atoms with E-state index in [9.17, 15) is 9.59 Å². The number of rotatable bonds is 4. The highest BCUT2D eigenvalue weighted by Gasteiger charge is 2.32. The number of benzene rings is 1. The Balaban J connectivity index is 1.37. The van der Waals surface area contributed by atoms with Gasteiger partial charge in [0.25, 0.3) is 0 Å². The molecule has 0 atom stereocenters. The molecule has 2 amide bonds. The highest BCUT2D eigenvalue weighted by molar-refractivity contribution is 6.30. The Morgan fingerprint density at radius 1 is 0.958 bits per heavy atom. The Kier molecular flexibility index (Phi) is 5.29. The Labute approximate surface area is 146 Å². The van der Waals surface area contributed by atoms with Gasteiger partial charge in [-0.25, -0.2) is 4.79 Å². The Bertz CT molecular complexity index is 591. The summed E-state index contributed by atoms with van der Waals surface area (Å²) in [6.07, 6.45) is 4.65. The lowest BCUT2D eigenvalue weighted by atomic mass is 9.76. The van der Waals surface area contributed by atoms with Crippen LogP contribution in [0.2, 0.25) is 5.02 Å². The highest BCUT2D eigenvalue weighted by atomic mass is 35.5. The molecule has 2 aliphatic carbocycles. The van der Waals surface area contributed by atoms with Crippen molar-refractivity contribution in [1.29, 1.82) is 0 Å². The van der Waals surface area contributed by atoms with Gasteiger partial charge in [-0.2, -0.15) is 0 Å². The van der Waals surface area contributed by atoms with Crippen molar-refractivity contribution in [1.82, 2.24) is 10.6 Å². The number of carbonyl (C=O) groups excluding carboxylic acids is 1. The second-order valence-corrected chi connectivity index (χ2v) is 7.36. The van der Waals surface area contributed by atoms with Crippen molar-refractivity contribution in [2.24, 2.45) is 5.92 Å². The first-order chi connectivity index (χ1) is 11.5. The monoisotopic (exact) mass is 350 g/mol. The first kappa shape index (κ1) is 17.1. The fourth-order valence-electron chi connectivity index (χ4n) is 3.64. The number of hydrogen-bond donors (Lipinski definition) is 3. The molecule has 3 rings (SSSR count). The van der Waals surface area contributed by atoms with Gasteiger partial charge in [0.15, 0.2) is 0 Å². The molecule has 2 fully saturated rings. The lowest BCUT2D eigenvalue weighted by Gasteiger charge is -2.37. The molecule has 2 saturated carbocycles. The topological polar surface area (TPSA) is 78.4 Å². The van der Waals surface area contributed by atoms with Gasteiger partial charge in [0.05, 0.1) is 5.92 Å². The van der Waals surface area contributed by atoms with Crippen molar-refractivity contribution in [3.63, 3.8) is 0 Å². The van der Waals surface area contributed by atoms with Gasteiger partial charge in [0.1, 0.15) is 0 Å². The van der Waals surface area contributed by atoms with Crippen LogP contribution in [0.1, 0.15) is 50.0 Å². The van der Waals surface area contributed by atoms with Gasteiger partial charge in [-0.05, 0) is 62.1 Å². The van der Waals surface area contributed by atoms with Crippen LogP contribution in [0.25, 0.3) is 0 Å². The van der Waals surface area contributed by atoms with E-state index < -0.39 is 5.97 Å². The molecular weight excluding hydrogens is 328 g/mol. The van der Waals surface area contributed by atoms with Crippen molar-refractivity contribution < 1.29 is 14.7 Å². The quantitative estimate of drug-likeness (QED) is 0.777. The predicted molar refractivity (Wildman–Crippen MR) is 92.3 cm³/mol. The average Bonchev–Trinajstić information content (AvgIpc) is 2.52. The average molecular weight is 351 g/mol. The summed E-state index contributed by atoms with van der Waals surface area (Å²) in [5.41, 5.74) is 1.27. The fourth-order valence-corrected chi connectivity index (χ4v) is 3.77. The molecule has 0 spiro atoms. The summed E-state index contributed by atoms with van der Waals surface area (Å²) in [4.78, 5) is 23.0. The van der Waals surface area contributed by atoms with Crippen molar-refractivity contribution in [2.45, 2.75) is 56.5 Å². The summed E-state index contributed by atoms with van der Waals surface area (Å²) in [5, 5.41) is 15.7. The minimum Gasteiger partial charge on any atom is -0.481 e. The number of amides is 2. The van der Waals surface area contributed by atoms with Crippen LogP contribution < -0.4 is 10.6 Å². The Morgan fingerprint density at radius 3 is 2.12 bits per heavy atom. The van der Waals surface area contributed by atoms with Crippen LogP contribution in [-0.4, -0.2) is 29.2 Å². The summed E-state index contributed by atoms with van der Waals surface area (Å²) >= 11 is 5.90. The maximum atomic E-state index is 12.1. The second kappa shape index (κ2) is 7.43. The number of aliphatic carboxylic acids is 1. The van der Waals surface area contributed by atoms with Crippen LogP contribution in [-0.2, 0) is 4.79 Å². The zero-order valence-electron chi connectivity index (χ0n) is 13.5. The van der Waals surface area contributed by atoms with Crippen LogP contribution in [0, 0.1) is 5.92 Å². The number of urea groups is 1. The molecule has 2 aliphatic rings. The summed E-state index contributed by atoms with van der Waals surface area (Å²) < 4.78 is 0. The summed E-state index contributed by atoms with van der Waals surface area (Å²) in [6, 6.07) is 8.06. The minimum atomic E-state index is -0.722. The van der Waals surface area contributed by atoms with Crippen LogP contribution in [0.5, 0.6) is 0 Å². The van der Waals surface area contributed by atoms with E-state index in [4.69, 9.17) is 16.7 Å². The first-order valence-electron chi connectivity index (χ1n) is 8.56. The van der Waals surface area contributed by atoms with Crippen molar-refractivity contribution >= 4 is 23.6 Å². The SMILES string of the molecule is O=C(NC1CCC(C(=O)O)CC1)NC1CC(c2ccc(Cl)cc2)C1. The lowest BCUT2D eigenvalue weighted by molar-refractivity contribution is -0.142. The van der Waals surface area contributed by atoms with Crippen molar-refractivity contribution in [3.05, 3.63) is 34.9 Å². The zero-order valence-corrected chi connectivity index (χ0v) is 14.3. The molecule has 0 saturated heterocycles. The number of carboxylic acid groups (broad SMARTS) is 1. The van der Waals surface area contributed by atoms with E-state index in [1.807, 2.05) is 24.3 Å². The van der Waals surface area contributed by atoms with E-state index in [-0.39, 0.29) is 24.0 Å². The molecule has 6 heteroatoms. The van der Waals surface area contributed by atoms with Gasteiger partial charge in [0.2, 0.25) is 0 Å². The van der Waals surface area contributed by atoms with Gasteiger partial charge in [-0.3, -0.25) is 4.79 Å². The molecule has 3 N–H and O–H groups in total. The molecule has 1 aromatic carbocycles. The molecule has 0 aromatic heterocycles. The smallest absolute Gasteiger partial charge is 0.315 e. The Hall–Kier alpha value is -1.75. The second-order valence-electron chi connectivity index (χ2n) is 6.92. The summed E-state index contributed by atoms with van der Waals surface area (Å²) in [7, 11) is 0. The van der Waals surface area contributed by atoms with E-state index in [1.54, 1.807) is 0 Å². The van der Waals surface area contributed by atoms with Crippen LogP contribution in [0.3, 0.4) is 0 Å². The summed E-state index contributed by atoms with van der Waals surface area (Å²) in [5.74, 6) is -0.489. The van der Waals surface area contributed by atoms with Crippen LogP contribution in [0.4, 0.5) is 4.79 Å². The number of nitrogens with one attached hydrogen (secondary N) is 2. The highest BCUT2D eigenvalue weighted by Crippen LogP contribution is 2.37. The molecule has 0 unspecified atom stereocenters. The number of carbonyl (C=O) groups is 2. The molecular formula is C18H23ClN2O3. The zero-order chi connectivity index (χ0) is 17.1. The van der Waals surface area contributed by atoms with Gasteiger partial charge in [-0.15, -0.1) is 0 Å². The van der Waals surface area contributed by atoms with Gasteiger partial charge in [0, 0.05) is 17.1 Å². The molecule has 0 bridgehead atoms. The van der Waals surface area contributed by atoms with Gasteiger partial charge >= 0.3 is 12.0 Å². The van der Waals surface area contributed by atoms with Gasteiger partial charge in [-0.1, -0.05) is 23.7 Å². The van der Waals surface area contributed by atoms with Crippen LogP contribution in [0.15, 0.2) is 24.3 Å². The van der Waals surface area contributed by atoms with E-state index in [0.29, 0.717) is 18.8 Å². The number of halogens is 1. The maximum absolute atomic E-state index is 12.1. The minimum absolute atomic E-state index is 0.0905. The molecule has 130 valence electrons. The van der Waals surface area contributed by atoms with E-state index >= 15 is 0 Å². The molecule has 0 radical (unpaired) electrons. The molecule has 5 nitrogen and oxygen atoms in total. The Morgan fingerprint density at radius 2 is 1.54 bits per heavy atom. The first-order valence-corrected chi connectivity index (χ1v) is 8.94. The molecule has 24 heavy (non-hydrogen) atoms. The van der Waals surface area contributed by atoms with Gasteiger partial charge < -0.3 is 15.7 Å². The number of carboxylic acids is 1. The maximum Gasteiger partial charge on any atom is 0.315 e. The molecule has 0 aliphatic heterocycles. The van der Waals surface area contributed by atoms with Crippen molar-refractivity contribution in [2.75, 3.05) is 0 Å². The fraction of sp³-hybridized carbons (Fsp3) is 0.556. The van der Waals surface area contributed by atoms with E-state index in [1.165, 1.54) is 5.56 Å². The molecule has 0 heterocycles. The standard InChI is InChI=1S/C18H23ClN2O3/c19-14-5-1-11(2-6-14)13-9-16(10-13)21-18(24)20-15-7-3-12(4-8-15)17(22)23/h1-2,5-6,12-13,15-16H,3-4,7-10H2,(H,22,23)(H2,20,21,24). The lowest BCUT2D eigenvalue weighted by Crippen LogP contribution is -2.50. The third-order valence-electron chi connectivity index (χ3n) is 5.23. The molecule has 1 aromatic rings. The summed E-state index contributed by atoms with van der Waals surface area (Å²) in [6.45, 7) is 0. The third-order valence-corrected chi connectivity index (χ3v) is 5.48. The normalized spacial score (nSPS) is 29.4.